The molecule has 0 spiro atoms. The normalized spacial score (nSPS) is 15.2. The van der Waals surface area contributed by atoms with Crippen molar-refractivity contribution in [2.24, 2.45) is 7.05 Å². The number of amides is 1. The molecule has 1 fully saturated rings. The lowest BCUT2D eigenvalue weighted by molar-refractivity contribution is 0.0925. The lowest BCUT2D eigenvalue weighted by Gasteiger charge is -2.32. The number of H-pyrrole nitrogens is 1. The number of rotatable bonds is 3. The molecule has 1 aliphatic rings. The lowest BCUT2D eigenvalue weighted by atomic mass is 10.0. The SMILES string of the molecule is Cc1cc(C(=O)NC2CCN(c3nccn(C)c3=O)CC2)nc(=O)[nH]1. The van der Waals surface area contributed by atoms with Crippen molar-refractivity contribution in [2.45, 2.75) is 25.8 Å². The number of carbonyl (C=O) groups excluding carboxylic acids is 1. The van der Waals surface area contributed by atoms with E-state index in [4.69, 9.17) is 0 Å². The van der Waals surface area contributed by atoms with E-state index in [2.05, 4.69) is 20.3 Å². The fourth-order valence-corrected chi connectivity index (χ4v) is 2.89. The Morgan fingerprint density at radius 2 is 2.04 bits per heavy atom. The molecule has 0 saturated carbocycles. The van der Waals surface area contributed by atoms with Gasteiger partial charge < -0.3 is 19.8 Å². The van der Waals surface area contributed by atoms with Crippen molar-refractivity contribution in [3.05, 3.63) is 50.7 Å². The first-order valence-electron chi connectivity index (χ1n) is 8.09. The molecule has 0 radical (unpaired) electrons. The zero-order valence-electron chi connectivity index (χ0n) is 14.2. The van der Waals surface area contributed by atoms with E-state index in [1.54, 1.807) is 32.4 Å². The van der Waals surface area contributed by atoms with E-state index in [9.17, 15) is 14.4 Å². The standard InChI is InChI=1S/C16H20N6O3/c1-10-9-12(20-16(25)18-10)14(23)19-11-3-6-22(7-4-11)13-15(24)21(2)8-5-17-13/h5,8-9,11H,3-4,6-7H2,1-2H3,(H,19,23)(H,18,20,25). The lowest BCUT2D eigenvalue weighted by Crippen LogP contribution is -2.46. The second kappa shape index (κ2) is 6.88. The van der Waals surface area contributed by atoms with E-state index >= 15 is 0 Å². The third kappa shape index (κ3) is 3.76. The molecule has 2 aromatic heterocycles. The van der Waals surface area contributed by atoms with Crippen LogP contribution in [0, 0.1) is 6.92 Å². The van der Waals surface area contributed by atoms with Gasteiger partial charge in [-0.2, -0.15) is 4.98 Å². The number of hydrogen-bond donors (Lipinski definition) is 2. The van der Waals surface area contributed by atoms with Crippen LogP contribution in [0.4, 0.5) is 5.82 Å². The number of nitrogens with one attached hydrogen (secondary N) is 2. The monoisotopic (exact) mass is 344 g/mol. The van der Waals surface area contributed by atoms with Gasteiger partial charge in [0.2, 0.25) is 0 Å². The quantitative estimate of drug-likeness (QED) is 0.781. The van der Waals surface area contributed by atoms with E-state index in [1.807, 2.05) is 4.90 Å². The Labute approximate surface area is 143 Å². The van der Waals surface area contributed by atoms with Gasteiger partial charge in [0.25, 0.3) is 11.5 Å². The van der Waals surface area contributed by atoms with Gasteiger partial charge >= 0.3 is 5.69 Å². The van der Waals surface area contributed by atoms with Gasteiger partial charge in [0.1, 0.15) is 5.69 Å². The Bertz CT molecular complexity index is 895. The molecule has 1 saturated heterocycles. The molecule has 3 heterocycles. The summed E-state index contributed by atoms with van der Waals surface area (Å²) in [5, 5.41) is 2.90. The minimum atomic E-state index is -0.536. The average Bonchev–Trinajstić information content (AvgIpc) is 2.57. The molecule has 2 N–H and O–H groups in total. The molecule has 1 aliphatic heterocycles. The summed E-state index contributed by atoms with van der Waals surface area (Å²) in [6.45, 7) is 2.95. The summed E-state index contributed by atoms with van der Waals surface area (Å²) in [4.78, 5) is 48.1. The second-order valence-electron chi connectivity index (χ2n) is 6.16. The van der Waals surface area contributed by atoms with Crippen molar-refractivity contribution in [1.82, 2.24) is 24.8 Å². The Kier molecular flexibility index (Phi) is 4.64. The molecular formula is C16H20N6O3. The van der Waals surface area contributed by atoms with Crippen LogP contribution in [0.2, 0.25) is 0 Å². The van der Waals surface area contributed by atoms with E-state index in [0.717, 1.165) is 0 Å². The number of piperidine rings is 1. The van der Waals surface area contributed by atoms with Crippen LogP contribution in [0.25, 0.3) is 0 Å². The van der Waals surface area contributed by atoms with Crippen molar-refractivity contribution in [2.75, 3.05) is 18.0 Å². The number of aromatic nitrogens is 4. The van der Waals surface area contributed by atoms with Crippen molar-refractivity contribution in [3.63, 3.8) is 0 Å². The van der Waals surface area contributed by atoms with E-state index in [0.29, 0.717) is 37.4 Å². The fourth-order valence-electron chi connectivity index (χ4n) is 2.89. The molecule has 9 heteroatoms. The summed E-state index contributed by atoms with van der Waals surface area (Å²) < 4.78 is 1.50. The predicted molar refractivity (Wildman–Crippen MR) is 91.8 cm³/mol. The van der Waals surface area contributed by atoms with Crippen LogP contribution >= 0.6 is 0 Å². The molecule has 132 valence electrons. The highest BCUT2D eigenvalue weighted by molar-refractivity contribution is 5.92. The van der Waals surface area contributed by atoms with Gasteiger partial charge in [-0.15, -0.1) is 0 Å². The first kappa shape index (κ1) is 16.9. The molecule has 0 unspecified atom stereocenters. The zero-order chi connectivity index (χ0) is 18.0. The van der Waals surface area contributed by atoms with E-state index in [-0.39, 0.29) is 23.2 Å². The molecule has 3 rings (SSSR count). The molecule has 0 aliphatic carbocycles. The first-order valence-corrected chi connectivity index (χ1v) is 8.09. The van der Waals surface area contributed by atoms with Crippen molar-refractivity contribution in [1.29, 1.82) is 0 Å². The maximum Gasteiger partial charge on any atom is 0.345 e. The third-order valence-electron chi connectivity index (χ3n) is 4.24. The fraction of sp³-hybridized carbons (Fsp3) is 0.438. The van der Waals surface area contributed by atoms with Gasteiger partial charge in [0, 0.05) is 44.3 Å². The van der Waals surface area contributed by atoms with Gasteiger partial charge in [-0.3, -0.25) is 9.59 Å². The van der Waals surface area contributed by atoms with Crippen LogP contribution in [-0.2, 0) is 7.05 Å². The highest BCUT2D eigenvalue weighted by atomic mass is 16.2. The molecule has 25 heavy (non-hydrogen) atoms. The minimum absolute atomic E-state index is 0.0299. The van der Waals surface area contributed by atoms with Gasteiger partial charge in [0.15, 0.2) is 5.82 Å². The van der Waals surface area contributed by atoms with Crippen LogP contribution in [0.3, 0.4) is 0 Å². The van der Waals surface area contributed by atoms with Crippen LogP contribution in [0.15, 0.2) is 28.0 Å². The Morgan fingerprint density at radius 1 is 1.32 bits per heavy atom. The highest BCUT2D eigenvalue weighted by Gasteiger charge is 2.24. The van der Waals surface area contributed by atoms with Crippen molar-refractivity contribution in [3.8, 4) is 0 Å². The second-order valence-corrected chi connectivity index (χ2v) is 6.16. The number of aromatic amines is 1. The molecule has 0 atom stereocenters. The largest absolute Gasteiger partial charge is 0.352 e. The van der Waals surface area contributed by atoms with Gasteiger partial charge in [-0.25, -0.2) is 9.78 Å². The van der Waals surface area contributed by atoms with Crippen LogP contribution < -0.4 is 21.5 Å². The summed E-state index contributed by atoms with van der Waals surface area (Å²) in [6.07, 6.45) is 4.60. The van der Waals surface area contributed by atoms with Crippen LogP contribution in [0.5, 0.6) is 0 Å². The van der Waals surface area contributed by atoms with Crippen LogP contribution in [0.1, 0.15) is 29.0 Å². The minimum Gasteiger partial charge on any atom is -0.352 e. The summed E-state index contributed by atoms with van der Waals surface area (Å²) in [7, 11) is 1.69. The first-order chi connectivity index (χ1) is 11.9. The molecule has 1 amide bonds. The summed E-state index contributed by atoms with van der Waals surface area (Å²) in [5.74, 6) is 0.0723. The number of hydrogen-bond acceptors (Lipinski definition) is 6. The van der Waals surface area contributed by atoms with Gasteiger partial charge in [-0.1, -0.05) is 0 Å². The number of nitrogens with zero attached hydrogens (tertiary/aromatic N) is 4. The summed E-state index contributed by atoms with van der Waals surface area (Å²) >= 11 is 0. The average molecular weight is 344 g/mol. The van der Waals surface area contributed by atoms with Gasteiger partial charge in [0.05, 0.1) is 0 Å². The summed E-state index contributed by atoms with van der Waals surface area (Å²) in [6, 6.07) is 1.52. The predicted octanol–water partition coefficient (Wildman–Crippen LogP) is -0.429. The Hall–Kier alpha value is -2.97. The van der Waals surface area contributed by atoms with E-state index in [1.165, 1.54) is 4.57 Å². The van der Waals surface area contributed by atoms with Crippen molar-refractivity contribution < 1.29 is 4.79 Å². The van der Waals surface area contributed by atoms with Gasteiger partial charge in [-0.05, 0) is 25.8 Å². The molecule has 2 aromatic rings. The Morgan fingerprint density at radius 3 is 2.72 bits per heavy atom. The van der Waals surface area contributed by atoms with Crippen molar-refractivity contribution >= 4 is 11.7 Å². The van der Waals surface area contributed by atoms with Crippen LogP contribution in [-0.4, -0.2) is 44.6 Å². The number of anilines is 1. The van der Waals surface area contributed by atoms with E-state index < -0.39 is 5.69 Å². The topological polar surface area (TPSA) is 113 Å². The maximum atomic E-state index is 12.3. The number of carbonyl (C=O) groups is 1. The number of aryl methyl sites for hydroxylation is 2. The molecular weight excluding hydrogens is 324 g/mol. The summed E-state index contributed by atoms with van der Waals surface area (Å²) in [5.41, 5.74) is 0.0346. The highest BCUT2D eigenvalue weighted by Crippen LogP contribution is 2.15. The third-order valence-corrected chi connectivity index (χ3v) is 4.24. The smallest absolute Gasteiger partial charge is 0.345 e. The Balaban J connectivity index is 1.63. The maximum absolute atomic E-state index is 12.3. The molecule has 0 bridgehead atoms. The molecule has 9 nitrogen and oxygen atoms in total. The zero-order valence-corrected chi connectivity index (χ0v) is 14.2. The molecule has 0 aromatic carbocycles.